The van der Waals surface area contributed by atoms with Crippen molar-refractivity contribution in [2.24, 2.45) is 0 Å². The van der Waals surface area contributed by atoms with Crippen LogP contribution in [-0.4, -0.2) is 39.0 Å². The summed E-state index contributed by atoms with van der Waals surface area (Å²) in [6.07, 6.45) is 0. The molecule has 0 saturated carbocycles. The Hall–Kier alpha value is -9.14. The van der Waals surface area contributed by atoms with Crippen LogP contribution in [-0.2, 0) is 0 Å². The third-order valence-electron chi connectivity index (χ3n) is 12.4. The second kappa shape index (κ2) is 15.3. The van der Waals surface area contributed by atoms with Crippen LogP contribution in [0.25, 0.3) is 123 Å². The van der Waals surface area contributed by atoms with Gasteiger partial charge in [-0.1, -0.05) is 170 Å². The van der Waals surface area contributed by atoms with Crippen LogP contribution in [0.4, 0.5) is 0 Å². The molecule has 13 rings (SSSR count). The number of para-hydroxylation sites is 2. The molecule has 0 radical (unpaired) electrons. The van der Waals surface area contributed by atoms with Crippen molar-refractivity contribution >= 4 is 54.4 Å². The molecular formula is C58H36N8. The van der Waals surface area contributed by atoms with Gasteiger partial charge < -0.3 is 4.57 Å². The van der Waals surface area contributed by atoms with Crippen molar-refractivity contribution in [3.8, 4) is 68.6 Å². The van der Waals surface area contributed by atoms with Crippen molar-refractivity contribution in [3.05, 3.63) is 218 Å². The Labute approximate surface area is 378 Å². The second-order valence-corrected chi connectivity index (χ2v) is 16.4. The number of hydrogen-bond donors (Lipinski definition) is 0. The SMILES string of the molecule is c1ccc(-c2nc(-c3ccc(-n4c5ccccc5c5ccc6c(c7ccccc7n6-c6nc(-c7ccccc7)nc(-c7ccccc7)n6)c54)cc3)nc(-c3ccc4ccccc4c3)n2)cc1. The summed E-state index contributed by atoms with van der Waals surface area (Å²) in [4.78, 5) is 30.6. The highest BCUT2D eigenvalue weighted by molar-refractivity contribution is 6.26. The molecule has 4 aromatic heterocycles. The molecule has 0 spiro atoms. The first kappa shape index (κ1) is 37.4. The fraction of sp³-hybridized carbons (Fsp3) is 0. The molecule has 0 atom stereocenters. The van der Waals surface area contributed by atoms with Gasteiger partial charge in [0.15, 0.2) is 29.1 Å². The minimum absolute atomic E-state index is 0.551. The molecular weight excluding hydrogens is 809 g/mol. The van der Waals surface area contributed by atoms with Crippen LogP contribution in [0.2, 0.25) is 0 Å². The predicted octanol–water partition coefficient (Wildman–Crippen LogP) is 13.7. The molecule has 0 bridgehead atoms. The lowest BCUT2D eigenvalue weighted by molar-refractivity contribution is 0.953. The van der Waals surface area contributed by atoms with E-state index >= 15 is 0 Å². The van der Waals surface area contributed by atoms with Crippen LogP contribution < -0.4 is 0 Å². The first-order chi connectivity index (χ1) is 32.7. The molecule has 66 heavy (non-hydrogen) atoms. The first-order valence-electron chi connectivity index (χ1n) is 22.0. The molecule has 0 amide bonds. The molecule has 0 fully saturated rings. The maximum atomic E-state index is 5.20. The maximum Gasteiger partial charge on any atom is 0.238 e. The first-order valence-corrected chi connectivity index (χ1v) is 22.0. The lowest BCUT2D eigenvalue weighted by Gasteiger charge is -2.12. The van der Waals surface area contributed by atoms with Gasteiger partial charge in [-0.3, -0.25) is 4.57 Å². The van der Waals surface area contributed by atoms with Gasteiger partial charge in [-0.15, -0.1) is 0 Å². The van der Waals surface area contributed by atoms with Crippen LogP contribution in [0.5, 0.6) is 0 Å². The molecule has 308 valence electrons. The summed E-state index contributed by atoms with van der Waals surface area (Å²) in [6.45, 7) is 0. The van der Waals surface area contributed by atoms with E-state index in [1.54, 1.807) is 0 Å². The highest BCUT2D eigenvalue weighted by Gasteiger charge is 2.23. The number of hydrogen-bond acceptors (Lipinski definition) is 6. The lowest BCUT2D eigenvalue weighted by atomic mass is 10.1. The molecule has 13 aromatic rings. The Kier molecular flexibility index (Phi) is 8.67. The van der Waals surface area contributed by atoms with E-state index < -0.39 is 0 Å². The fourth-order valence-electron chi connectivity index (χ4n) is 9.33. The van der Waals surface area contributed by atoms with Crippen LogP contribution in [0.3, 0.4) is 0 Å². The van der Waals surface area contributed by atoms with Gasteiger partial charge in [0, 0.05) is 55.0 Å². The minimum atomic E-state index is 0.551. The number of aromatic nitrogens is 8. The predicted molar refractivity (Wildman–Crippen MR) is 267 cm³/mol. The summed E-state index contributed by atoms with van der Waals surface area (Å²) in [5, 5.41) is 6.83. The van der Waals surface area contributed by atoms with Crippen LogP contribution in [0, 0.1) is 0 Å². The summed E-state index contributed by atoms with van der Waals surface area (Å²) < 4.78 is 4.57. The summed E-state index contributed by atoms with van der Waals surface area (Å²) in [5.41, 5.74) is 9.81. The highest BCUT2D eigenvalue weighted by Crippen LogP contribution is 2.42. The Morgan fingerprint density at radius 3 is 1.33 bits per heavy atom. The lowest BCUT2D eigenvalue weighted by Crippen LogP contribution is -2.06. The van der Waals surface area contributed by atoms with E-state index in [1.807, 2.05) is 91.0 Å². The van der Waals surface area contributed by atoms with Gasteiger partial charge in [0.1, 0.15) is 0 Å². The van der Waals surface area contributed by atoms with Crippen molar-refractivity contribution in [2.75, 3.05) is 0 Å². The Morgan fingerprint density at radius 1 is 0.273 bits per heavy atom. The molecule has 0 aliphatic heterocycles. The van der Waals surface area contributed by atoms with Crippen LogP contribution in [0.1, 0.15) is 0 Å². The van der Waals surface area contributed by atoms with Crippen molar-refractivity contribution < 1.29 is 0 Å². The van der Waals surface area contributed by atoms with E-state index in [1.165, 1.54) is 5.39 Å². The van der Waals surface area contributed by atoms with E-state index in [9.17, 15) is 0 Å². The standard InChI is InChI=1S/C58H36N8/c1-4-17-38(18-5-1)53-59-54(61-57(60-53)43-29-28-37-16-10-11-23-42(37)36-43)41-30-32-44(33-31-41)65-48-26-14-12-24-45(48)46-34-35-50-51(52(46)65)47-25-13-15-27-49(47)66(50)58-63-55(39-19-6-2-7-20-39)62-56(64-58)40-21-8-3-9-22-40/h1-36H. The maximum absolute atomic E-state index is 5.20. The van der Waals surface area contributed by atoms with E-state index in [2.05, 4.69) is 137 Å². The Bertz CT molecular complexity index is 3920. The Balaban J connectivity index is 1.01. The van der Waals surface area contributed by atoms with Crippen molar-refractivity contribution in [1.82, 2.24) is 39.0 Å². The molecule has 4 heterocycles. The Morgan fingerprint density at radius 2 is 0.727 bits per heavy atom. The molecule has 8 nitrogen and oxygen atoms in total. The smallest absolute Gasteiger partial charge is 0.238 e. The average Bonchev–Trinajstić information content (AvgIpc) is 3.92. The summed E-state index contributed by atoms with van der Waals surface area (Å²) in [7, 11) is 0. The van der Waals surface area contributed by atoms with Gasteiger partial charge in [-0.05, 0) is 59.3 Å². The van der Waals surface area contributed by atoms with Crippen LogP contribution in [0.15, 0.2) is 218 Å². The zero-order valence-corrected chi connectivity index (χ0v) is 35.4. The molecule has 0 aliphatic carbocycles. The minimum Gasteiger partial charge on any atom is -0.309 e. The number of fused-ring (bicyclic) bond motifs is 8. The number of nitrogens with zero attached hydrogens (tertiary/aromatic N) is 8. The molecule has 0 unspecified atom stereocenters. The van der Waals surface area contributed by atoms with E-state index in [-0.39, 0.29) is 0 Å². The van der Waals surface area contributed by atoms with Gasteiger partial charge in [0.25, 0.3) is 0 Å². The molecule has 0 saturated heterocycles. The summed E-state index contributed by atoms with van der Waals surface area (Å²) >= 11 is 0. The van der Waals surface area contributed by atoms with Crippen LogP contribution >= 0.6 is 0 Å². The van der Waals surface area contributed by atoms with E-state index in [4.69, 9.17) is 29.9 Å². The zero-order chi connectivity index (χ0) is 43.6. The van der Waals surface area contributed by atoms with Gasteiger partial charge in [0.2, 0.25) is 5.95 Å². The van der Waals surface area contributed by atoms with Crippen molar-refractivity contribution in [1.29, 1.82) is 0 Å². The molecule has 9 aromatic carbocycles. The molecule has 0 N–H and O–H groups in total. The number of benzene rings is 9. The van der Waals surface area contributed by atoms with E-state index in [0.717, 1.165) is 82.5 Å². The fourth-order valence-corrected chi connectivity index (χ4v) is 9.33. The second-order valence-electron chi connectivity index (χ2n) is 16.4. The van der Waals surface area contributed by atoms with Gasteiger partial charge in [-0.2, -0.15) is 9.97 Å². The molecule has 8 heteroatoms. The van der Waals surface area contributed by atoms with Gasteiger partial charge >= 0.3 is 0 Å². The zero-order valence-electron chi connectivity index (χ0n) is 35.4. The van der Waals surface area contributed by atoms with Crippen molar-refractivity contribution in [3.63, 3.8) is 0 Å². The monoisotopic (exact) mass is 844 g/mol. The highest BCUT2D eigenvalue weighted by atomic mass is 15.2. The topological polar surface area (TPSA) is 87.2 Å². The largest absolute Gasteiger partial charge is 0.309 e. The number of rotatable bonds is 7. The van der Waals surface area contributed by atoms with Gasteiger partial charge in [0.05, 0.1) is 22.1 Å². The summed E-state index contributed by atoms with van der Waals surface area (Å²) in [5.74, 6) is 3.63. The quantitative estimate of drug-likeness (QED) is 0.159. The third-order valence-corrected chi connectivity index (χ3v) is 12.4. The normalized spacial score (nSPS) is 11.6. The summed E-state index contributed by atoms with van der Waals surface area (Å²) in [6, 6.07) is 75.3. The van der Waals surface area contributed by atoms with E-state index in [0.29, 0.717) is 35.1 Å². The van der Waals surface area contributed by atoms with Gasteiger partial charge in [-0.25, -0.2) is 19.9 Å². The average molecular weight is 845 g/mol. The molecule has 0 aliphatic rings. The third kappa shape index (κ3) is 6.23. The van der Waals surface area contributed by atoms with Crippen molar-refractivity contribution in [2.45, 2.75) is 0 Å².